The molecule has 2 aliphatic rings. The molecule has 0 radical (unpaired) electrons. The van der Waals surface area contributed by atoms with E-state index in [0.29, 0.717) is 29.8 Å². The third-order valence-electron chi connectivity index (χ3n) is 4.60. The summed E-state index contributed by atoms with van der Waals surface area (Å²) in [5.41, 5.74) is 0.0602. The van der Waals surface area contributed by atoms with Crippen LogP contribution in [0.3, 0.4) is 0 Å². The Morgan fingerprint density at radius 1 is 1.18 bits per heavy atom. The molecule has 2 rings (SSSR count). The molecule has 5 atom stereocenters. The Morgan fingerprint density at radius 2 is 1.82 bits per heavy atom. The van der Waals surface area contributed by atoms with Crippen LogP contribution in [0.2, 0.25) is 0 Å². The van der Waals surface area contributed by atoms with Crippen molar-refractivity contribution >= 4 is 0 Å². The zero-order chi connectivity index (χ0) is 12.8. The summed E-state index contributed by atoms with van der Waals surface area (Å²) in [5, 5.41) is 0. The topological polar surface area (TPSA) is 18.5 Å². The van der Waals surface area contributed by atoms with Crippen molar-refractivity contribution in [3.63, 3.8) is 0 Å². The third-order valence-corrected chi connectivity index (χ3v) is 4.60. The lowest BCUT2D eigenvalue weighted by molar-refractivity contribution is -0.139. The maximum atomic E-state index is 6.44. The molecule has 0 N–H and O–H groups in total. The molecule has 0 aromatic carbocycles. The van der Waals surface area contributed by atoms with Crippen molar-refractivity contribution in [2.75, 3.05) is 6.61 Å². The van der Waals surface area contributed by atoms with Crippen molar-refractivity contribution in [2.24, 2.45) is 23.7 Å². The fraction of sp³-hybridized carbons (Fsp3) is 1.00. The molecule has 0 aliphatic carbocycles. The van der Waals surface area contributed by atoms with Gasteiger partial charge in [0, 0.05) is 11.8 Å². The van der Waals surface area contributed by atoms with Gasteiger partial charge in [-0.05, 0) is 25.2 Å². The van der Waals surface area contributed by atoms with Crippen molar-refractivity contribution < 1.29 is 9.47 Å². The summed E-state index contributed by atoms with van der Waals surface area (Å²) in [4.78, 5) is 0. The first kappa shape index (κ1) is 13.4. The number of ether oxygens (including phenoxy) is 2. The molecular formula is C15H28O2. The largest absolute Gasteiger partial charge is 0.375 e. The van der Waals surface area contributed by atoms with E-state index in [-0.39, 0.29) is 11.7 Å². The van der Waals surface area contributed by atoms with Crippen LogP contribution in [-0.4, -0.2) is 24.4 Å². The summed E-state index contributed by atoms with van der Waals surface area (Å²) in [6, 6.07) is 0. The fourth-order valence-electron chi connectivity index (χ4n) is 4.11. The zero-order valence-electron chi connectivity index (χ0n) is 12.2. The number of rotatable bonds is 3. The summed E-state index contributed by atoms with van der Waals surface area (Å²) in [6.07, 6.45) is 1.73. The molecule has 2 bridgehead atoms. The number of hydrogen-bond donors (Lipinski definition) is 0. The second-order valence-corrected chi connectivity index (χ2v) is 6.84. The molecule has 5 unspecified atom stereocenters. The maximum absolute atomic E-state index is 6.44. The average Bonchev–Trinajstić information content (AvgIpc) is 2.41. The smallest absolute Gasteiger partial charge is 0.0892 e. The van der Waals surface area contributed by atoms with Gasteiger partial charge in [0.1, 0.15) is 0 Å². The molecule has 100 valence electrons. The summed E-state index contributed by atoms with van der Waals surface area (Å²) in [5.74, 6) is 2.39. The molecule has 0 amide bonds. The van der Waals surface area contributed by atoms with Crippen molar-refractivity contribution in [3.05, 3.63) is 0 Å². The van der Waals surface area contributed by atoms with E-state index in [1.807, 2.05) is 0 Å². The van der Waals surface area contributed by atoms with E-state index in [4.69, 9.17) is 9.47 Å². The number of fused-ring (bicyclic) bond motifs is 2. The van der Waals surface area contributed by atoms with E-state index < -0.39 is 0 Å². The minimum Gasteiger partial charge on any atom is -0.375 e. The van der Waals surface area contributed by atoms with E-state index in [1.165, 1.54) is 6.42 Å². The van der Waals surface area contributed by atoms with Gasteiger partial charge < -0.3 is 9.47 Å². The Balaban J connectivity index is 2.34. The molecule has 2 heterocycles. The Hall–Kier alpha value is -0.0800. The van der Waals surface area contributed by atoms with E-state index in [1.54, 1.807) is 0 Å². The maximum Gasteiger partial charge on any atom is 0.0892 e. The second kappa shape index (κ2) is 4.55. The standard InChI is InChI=1S/C15H28O2/c1-9(2)7-15-11(5)8-16-14(12(6)17-15)13(15)10(3)4/h9-14H,7-8H2,1-6H3. The highest BCUT2D eigenvalue weighted by Crippen LogP contribution is 2.52. The van der Waals surface area contributed by atoms with Crippen LogP contribution in [0, 0.1) is 23.7 Å². The molecular weight excluding hydrogens is 212 g/mol. The molecule has 0 aromatic rings. The van der Waals surface area contributed by atoms with Gasteiger partial charge in [0.05, 0.1) is 24.4 Å². The van der Waals surface area contributed by atoms with Crippen LogP contribution in [0.1, 0.15) is 48.0 Å². The van der Waals surface area contributed by atoms with Crippen molar-refractivity contribution in [1.29, 1.82) is 0 Å². The van der Waals surface area contributed by atoms with Gasteiger partial charge in [0.25, 0.3) is 0 Å². The van der Waals surface area contributed by atoms with Gasteiger partial charge in [-0.2, -0.15) is 0 Å². The van der Waals surface area contributed by atoms with Crippen molar-refractivity contribution in [1.82, 2.24) is 0 Å². The predicted molar refractivity (Wildman–Crippen MR) is 70.0 cm³/mol. The Bertz CT molecular complexity index is 270. The van der Waals surface area contributed by atoms with Crippen LogP contribution in [0.25, 0.3) is 0 Å². The molecule has 17 heavy (non-hydrogen) atoms. The summed E-state index contributed by atoms with van der Waals surface area (Å²) in [6.45, 7) is 14.6. The first-order valence-electron chi connectivity index (χ1n) is 7.18. The van der Waals surface area contributed by atoms with Crippen LogP contribution < -0.4 is 0 Å². The lowest BCUT2D eigenvalue weighted by Crippen LogP contribution is -2.53. The van der Waals surface area contributed by atoms with Crippen LogP contribution in [0.4, 0.5) is 0 Å². The highest BCUT2D eigenvalue weighted by molar-refractivity contribution is 5.07. The Kier molecular flexibility index (Phi) is 3.57. The molecule has 2 nitrogen and oxygen atoms in total. The van der Waals surface area contributed by atoms with Gasteiger partial charge >= 0.3 is 0 Å². The van der Waals surface area contributed by atoms with Crippen LogP contribution in [0.5, 0.6) is 0 Å². The summed E-state index contributed by atoms with van der Waals surface area (Å²) < 4.78 is 12.5. The van der Waals surface area contributed by atoms with Gasteiger partial charge in [-0.15, -0.1) is 0 Å². The van der Waals surface area contributed by atoms with E-state index in [2.05, 4.69) is 41.5 Å². The van der Waals surface area contributed by atoms with Gasteiger partial charge in [0.15, 0.2) is 0 Å². The van der Waals surface area contributed by atoms with E-state index in [0.717, 1.165) is 6.61 Å². The SMILES string of the molecule is CC(C)CC12OC(C)C(OCC1C)C2C(C)C. The second-order valence-electron chi connectivity index (χ2n) is 6.84. The molecule has 2 aliphatic heterocycles. The first-order valence-corrected chi connectivity index (χ1v) is 7.18. The quantitative estimate of drug-likeness (QED) is 0.751. The minimum absolute atomic E-state index is 0.0602. The highest BCUT2D eigenvalue weighted by atomic mass is 16.6. The summed E-state index contributed by atoms with van der Waals surface area (Å²) >= 11 is 0. The normalized spacial score (nSPS) is 45.9. The van der Waals surface area contributed by atoms with E-state index in [9.17, 15) is 0 Å². The van der Waals surface area contributed by atoms with Gasteiger partial charge in [-0.25, -0.2) is 0 Å². The van der Waals surface area contributed by atoms with Crippen molar-refractivity contribution in [2.45, 2.75) is 65.8 Å². The van der Waals surface area contributed by atoms with Crippen molar-refractivity contribution in [3.8, 4) is 0 Å². The lowest BCUT2D eigenvalue weighted by Gasteiger charge is -2.46. The average molecular weight is 240 g/mol. The molecule has 2 saturated heterocycles. The van der Waals surface area contributed by atoms with E-state index >= 15 is 0 Å². The Morgan fingerprint density at radius 3 is 2.35 bits per heavy atom. The summed E-state index contributed by atoms with van der Waals surface area (Å²) in [7, 11) is 0. The van der Waals surface area contributed by atoms with Gasteiger partial charge in [-0.3, -0.25) is 0 Å². The minimum atomic E-state index is 0.0602. The Labute approximate surface area is 106 Å². The molecule has 0 saturated carbocycles. The lowest BCUT2D eigenvalue weighted by atomic mass is 9.66. The molecule has 0 aromatic heterocycles. The van der Waals surface area contributed by atoms with Crippen LogP contribution >= 0.6 is 0 Å². The monoisotopic (exact) mass is 240 g/mol. The zero-order valence-corrected chi connectivity index (χ0v) is 12.2. The van der Waals surface area contributed by atoms with Crippen LogP contribution in [0.15, 0.2) is 0 Å². The third kappa shape index (κ3) is 2.04. The van der Waals surface area contributed by atoms with Crippen LogP contribution in [-0.2, 0) is 9.47 Å². The number of hydrogen-bond acceptors (Lipinski definition) is 2. The molecule has 2 heteroatoms. The fourth-order valence-corrected chi connectivity index (χ4v) is 4.11. The molecule has 2 fully saturated rings. The predicted octanol–water partition coefficient (Wildman–Crippen LogP) is 3.50. The van der Waals surface area contributed by atoms with Gasteiger partial charge in [-0.1, -0.05) is 34.6 Å². The highest BCUT2D eigenvalue weighted by Gasteiger charge is 2.60. The van der Waals surface area contributed by atoms with Gasteiger partial charge in [0.2, 0.25) is 0 Å². The first-order chi connectivity index (χ1) is 7.88. The molecule has 0 spiro atoms.